The number of hydrogen-bond donors (Lipinski definition) is 1. The molecule has 0 spiro atoms. The van der Waals surface area contributed by atoms with Gasteiger partial charge in [-0.25, -0.2) is 0 Å². The van der Waals surface area contributed by atoms with Gasteiger partial charge in [-0.15, -0.1) is 0 Å². The van der Waals surface area contributed by atoms with Gasteiger partial charge in [-0.2, -0.15) is 13.2 Å². The van der Waals surface area contributed by atoms with Crippen LogP contribution in [0.1, 0.15) is 19.4 Å². The maximum absolute atomic E-state index is 13.1. The number of ether oxygens (including phenoxy) is 2. The highest BCUT2D eigenvalue weighted by Gasteiger charge is 2.37. The quantitative estimate of drug-likeness (QED) is 0.417. The fourth-order valence-corrected chi connectivity index (χ4v) is 1.83. The summed E-state index contributed by atoms with van der Waals surface area (Å²) >= 11 is 2.83. The molecule has 0 saturated carbocycles. The zero-order valence-electron chi connectivity index (χ0n) is 13.0. The predicted molar refractivity (Wildman–Crippen MR) is 85.8 cm³/mol. The van der Waals surface area contributed by atoms with Gasteiger partial charge >= 0.3 is 12.1 Å². The summed E-state index contributed by atoms with van der Waals surface area (Å²) in [7, 11) is 0. The topological polar surface area (TPSA) is 55.8 Å². The first-order valence-electron chi connectivity index (χ1n) is 6.90. The summed E-state index contributed by atoms with van der Waals surface area (Å²) < 4.78 is 49.0. The number of para-hydroxylation sites is 1. The first-order chi connectivity index (χ1) is 11.1. The van der Waals surface area contributed by atoms with E-state index in [0.29, 0.717) is 6.08 Å². The number of allylic oxidation sites excluding steroid dienone is 4. The van der Waals surface area contributed by atoms with Crippen molar-refractivity contribution >= 4 is 21.9 Å². The molecule has 1 aromatic carbocycles. The van der Waals surface area contributed by atoms with Crippen molar-refractivity contribution in [3.63, 3.8) is 0 Å². The summed E-state index contributed by atoms with van der Waals surface area (Å²) in [6, 6.07) is 5.85. The van der Waals surface area contributed by atoms with E-state index >= 15 is 0 Å². The second kappa shape index (κ2) is 8.77. The molecule has 0 heterocycles. The molecule has 0 saturated heterocycles. The number of carbonyl (C=O) groups excluding carboxylic acids is 1. The fourth-order valence-electron chi connectivity index (χ4n) is 1.62. The Morgan fingerprint density at radius 1 is 1.33 bits per heavy atom. The smallest absolute Gasteiger partial charge is 0.449 e. The molecule has 0 radical (unpaired) electrons. The molecule has 0 atom stereocenters. The highest BCUT2D eigenvalue weighted by Crippen LogP contribution is 2.32. The molecular formula is C16H16BrF3O4. The number of aliphatic hydroxyl groups excluding tert-OH is 1. The molecule has 0 amide bonds. The molecule has 0 aliphatic carbocycles. The van der Waals surface area contributed by atoms with Gasteiger partial charge in [0.2, 0.25) is 5.76 Å². The van der Waals surface area contributed by atoms with Gasteiger partial charge in [0.05, 0.1) is 17.5 Å². The third-order valence-electron chi connectivity index (χ3n) is 2.72. The van der Waals surface area contributed by atoms with Crippen LogP contribution in [0.5, 0.6) is 5.75 Å². The van der Waals surface area contributed by atoms with Crippen molar-refractivity contribution in [2.45, 2.75) is 26.4 Å². The fraction of sp³-hybridized carbons (Fsp3) is 0.312. The Bertz CT molecular complexity index is 647. The summed E-state index contributed by atoms with van der Waals surface area (Å²) in [6.45, 7) is 3.03. The van der Waals surface area contributed by atoms with Crippen LogP contribution in [0, 0.1) is 0 Å². The van der Waals surface area contributed by atoms with E-state index in [1.165, 1.54) is 25.1 Å². The van der Waals surface area contributed by atoms with Crippen LogP contribution < -0.4 is 4.74 Å². The largest absolute Gasteiger partial charge is 0.511 e. The summed E-state index contributed by atoms with van der Waals surface area (Å²) in [5.41, 5.74) is 0.256. The second-order valence-electron chi connectivity index (χ2n) is 4.63. The molecule has 132 valence electrons. The van der Waals surface area contributed by atoms with Crippen molar-refractivity contribution in [1.29, 1.82) is 0 Å². The average Bonchev–Trinajstić information content (AvgIpc) is 2.47. The molecular weight excluding hydrogens is 393 g/mol. The Balaban J connectivity index is 3.16. The molecule has 0 bridgehead atoms. The molecule has 1 rings (SSSR count). The third kappa shape index (κ3) is 6.27. The first-order valence-corrected chi connectivity index (χ1v) is 7.70. The van der Waals surface area contributed by atoms with Crippen LogP contribution in [0.2, 0.25) is 0 Å². The maximum atomic E-state index is 13.1. The molecule has 8 heteroatoms. The second-order valence-corrected chi connectivity index (χ2v) is 5.49. The monoisotopic (exact) mass is 408 g/mol. The van der Waals surface area contributed by atoms with Gasteiger partial charge in [-0.1, -0.05) is 18.2 Å². The molecule has 24 heavy (non-hydrogen) atoms. The number of hydrogen-bond acceptors (Lipinski definition) is 4. The zero-order chi connectivity index (χ0) is 18.3. The van der Waals surface area contributed by atoms with Gasteiger partial charge in [0.15, 0.2) is 0 Å². The van der Waals surface area contributed by atoms with E-state index in [4.69, 9.17) is 9.47 Å². The van der Waals surface area contributed by atoms with E-state index in [2.05, 4.69) is 15.9 Å². The SMILES string of the molecule is CCOC(=O)Cc1ccccc1O/C(=C/C(Br)=C(\C)O)C(F)(F)F. The van der Waals surface area contributed by atoms with Crippen molar-refractivity contribution in [2.24, 2.45) is 0 Å². The Hall–Kier alpha value is -1.96. The first kappa shape index (κ1) is 20.1. The van der Waals surface area contributed by atoms with E-state index in [1.54, 1.807) is 13.0 Å². The lowest BCUT2D eigenvalue weighted by Crippen LogP contribution is -2.18. The van der Waals surface area contributed by atoms with E-state index in [1.807, 2.05) is 0 Å². The van der Waals surface area contributed by atoms with Crippen LogP contribution in [0.15, 0.2) is 46.3 Å². The van der Waals surface area contributed by atoms with Gasteiger partial charge < -0.3 is 14.6 Å². The molecule has 1 N–H and O–H groups in total. The van der Waals surface area contributed by atoms with Gasteiger partial charge in [0, 0.05) is 11.6 Å². The zero-order valence-corrected chi connectivity index (χ0v) is 14.6. The normalized spacial score (nSPS) is 13.3. The Morgan fingerprint density at radius 2 is 1.96 bits per heavy atom. The van der Waals surface area contributed by atoms with Crippen LogP contribution in [0.4, 0.5) is 13.2 Å². The number of aliphatic hydroxyl groups is 1. The number of halogens is 4. The number of rotatable bonds is 6. The van der Waals surface area contributed by atoms with Gasteiger partial charge in [-0.05, 0) is 35.8 Å². The minimum absolute atomic E-state index is 0.120. The molecule has 0 aliphatic heterocycles. The standard InChI is InChI=1S/C16H16BrF3O4/c1-3-23-15(22)8-11-6-4-5-7-13(11)24-14(16(18,19)20)9-12(17)10(2)21/h4-7,9,21H,3,8H2,1-2H3/b12-10-,14-9+. The van der Waals surface area contributed by atoms with E-state index in [0.717, 1.165) is 0 Å². The lowest BCUT2D eigenvalue weighted by atomic mass is 10.1. The highest BCUT2D eigenvalue weighted by atomic mass is 79.9. The average molecular weight is 409 g/mol. The number of esters is 1. The summed E-state index contributed by atoms with van der Waals surface area (Å²) in [4.78, 5) is 11.6. The molecule has 0 aliphatic rings. The minimum atomic E-state index is -4.79. The Morgan fingerprint density at radius 3 is 2.50 bits per heavy atom. The van der Waals surface area contributed by atoms with E-state index in [-0.39, 0.29) is 34.6 Å². The van der Waals surface area contributed by atoms with E-state index < -0.39 is 17.9 Å². The highest BCUT2D eigenvalue weighted by molar-refractivity contribution is 9.11. The van der Waals surface area contributed by atoms with Crippen LogP contribution in [-0.4, -0.2) is 23.9 Å². The Kier molecular flexibility index (Phi) is 7.34. The molecule has 4 nitrogen and oxygen atoms in total. The molecule has 0 unspecified atom stereocenters. The minimum Gasteiger partial charge on any atom is -0.511 e. The van der Waals surface area contributed by atoms with Gasteiger partial charge in [-0.3, -0.25) is 4.79 Å². The van der Waals surface area contributed by atoms with Crippen molar-refractivity contribution in [3.8, 4) is 5.75 Å². The number of benzene rings is 1. The lowest BCUT2D eigenvalue weighted by Gasteiger charge is -2.16. The lowest BCUT2D eigenvalue weighted by molar-refractivity contribution is -0.142. The Labute approximate surface area is 145 Å². The number of carbonyl (C=O) groups is 1. The van der Waals surface area contributed by atoms with Crippen molar-refractivity contribution in [3.05, 3.63) is 51.9 Å². The summed E-state index contributed by atoms with van der Waals surface area (Å²) in [5.74, 6) is -2.36. The van der Waals surface area contributed by atoms with E-state index in [9.17, 15) is 23.1 Å². The molecule has 1 aromatic rings. The molecule has 0 fully saturated rings. The summed E-state index contributed by atoms with van der Waals surface area (Å²) in [5, 5.41) is 9.24. The van der Waals surface area contributed by atoms with Crippen LogP contribution in [-0.2, 0) is 16.0 Å². The van der Waals surface area contributed by atoms with Gasteiger partial charge in [0.1, 0.15) is 11.5 Å². The predicted octanol–water partition coefficient (Wildman–Crippen LogP) is 4.80. The number of alkyl halides is 3. The van der Waals surface area contributed by atoms with Crippen molar-refractivity contribution < 1.29 is 32.5 Å². The van der Waals surface area contributed by atoms with Crippen LogP contribution in [0.25, 0.3) is 0 Å². The summed E-state index contributed by atoms with van der Waals surface area (Å²) in [6.07, 6.45) is -4.38. The third-order valence-corrected chi connectivity index (χ3v) is 3.52. The maximum Gasteiger partial charge on any atom is 0.449 e. The molecule has 0 aromatic heterocycles. The van der Waals surface area contributed by atoms with Crippen LogP contribution >= 0.6 is 15.9 Å². The van der Waals surface area contributed by atoms with Crippen molar-refractivity contribution in [1.82, 2.24) is 0 Å². The van der Waals surface area contributed by atoms with Crippen LogP contribution in [0.3, 0.4) is 0 Å². The van der Waals surface area contributed by atoms with Gasteiger partial charge in [0.25, 0.3) is 0 Å². The van der Waals surface area contributed by atoms with Crippen molar-refractivity contribution in [2.75, 3.05) is 6.61 Å².